The van der Waals surface area contributed by atoms with Gasteiger partial charge in [-0.1, -0.05) is 81.8 Å². The van der Waals surface area contributed by atoms with Crippen molar-refractivity contribution in [1.82, 2.24) is 14.5 Å². The summed E-state index contributed by atoms with van der Waals surface area (Å²) in [6.45, 7) is 8.17. The number of para-hydroxylation sites is 1. The fourth-order valence-electron chi connectivity index (χ4n) is 3.00. The number of ether oxygens (including phenoxy) is 2. The Morgan fingerprint density at radius 2 is 1.64 bits per heavy atom. The minimum Gasteiger partial charge on any atom is -0.471 e. The molecule has 4 rings (SSSR count). The third-order valence-electron chi connectivity index (χ3n) is 4.42. The molecular weight excluding hydrogens is 442 g/mol. The average molecular weight is 472 g/mol. The predicted octanol–water partition coefficient (Wildman–Crippen LogP) is 6.12. The van der Waals surface area contributed by atoms with E-state index in [4.69, 9.17) is 25.6 Å². The lowest BCUT2D eigenvalue weighted by molar-refractivity contribution is 0.208. The zero-order valence-corrected chi connectivity index (χ0v) is 20.6. The number of hydrogen-bond donors (Lipinski definition) is 0. The van der Waals surface area contributed by atoms with E-state index in [0.717, 1.165) is 16.0 Å². The molecule has 0 bridgehead atoms. The predicted molar refractivity (Wildman–Crippen MR) is 132 cm³/mol. The van der Waals surface area contributed by atoms with Gasteiger partial charge in [-0.2, -0.15) is 4.74 Å². The minimum absolute atomic E-state index is 0.149. The Morgan fingerprint density at radius 1 is 1.00 bits per heavy atom. The molecule has 7 nitrogen and oxygen atoms in total. The topological polar surface area (TPSA) is 71.4 Å². The molecule has 0 amide bonds. The van der Waals surface area contributed by atoms with Gasteiger partial charge in [-0.3, -0.25) is 4.79 Å². The van der Waals surface area contributed by atoms with Gasteiger partial charge < -0.3 is 14.0 Å². The number of halogens is 1. The molecule has 2 aromatic heterocycles. The lowest BCUT2D eigenvalue weighted by atomic mass is 10.0. The van der Waals surface area contributed by atoms with Gasteiger partial charge >= 0.3 is 5.95 Å². The van der Waals surface area contributed by atoms with Crippen LogP contribution in [0.15, 0.2) is 70.1 Å². The van der Waals surface area contributed by atoms with E-state index in [1.807, 2.05) is 82.3 Å². The highest BCUT2D eigenvalue weighted by Gasteiger charge is 2.21. The first kappa shape index (κ1) is 25.8. The Labute approximate surface area is 199 Å². The first-order valence-corrected chi connectivity index (χ1v) is 11.2. The summed E-state index contributed by atoms with van der Waals surface area (Å²) in [6, 6.07) is 17.0. The summed E-state index contributed by atoms with van der Waals surface area (Å²) in [4.78, 5) is 12.5. The number of hydrogen-bond acceptors (Lipinski definition) is 5. The third-order valence-corrected chi connectivity index (χ3v) is 4.68. The van der Waals surface area contributed by atoms with Crippen LogP contribution in [0.25, 0.3) is 16.8 Å². The Hall–Kier alpha value is -3.45. The van der Waals surface area contributed by atoms with Gasteiger partial charge in [0.15, 0.2) is 0 Å². The quantitative estimate of drug-likeness (QED) is 0.338. The van der Waals surface area contributed by atoms with Crippen LogP contribution in [-0.2, 0) is 13.7 Å². The molecule has 0 N–H and O–H groups in total. The zero-order chi connectivity index (χ0) is 24.4. The maximum absolute atomic E-state index is 12.5. The molecule has 4 aromatic rings. The van der Waals surface area contributed by atoms with E-state index < -0.39 is 0 Å². The van der Waals surface area contributed by atoms with Gasteiger partial charge in [-0.05, 0) is 17.7 Å². The fourth-order valence-corrected chi connectivity index (χ4v) is 3.19. The number of aryl methyl sites for hydroxylation is 1. The van der Waals surface area contributed by atoms with Crippen LogP contribution in [0.4, 0.5) is 0 Å². The smallest absolute Gasteiger partial charge is 0.320 e. The molecular formula is C25H30ClN3O4. The number of nitrogens with zero attached hydrogens (tertiary/aromatic N) is 3. The second-order valence-corrected chi connectivity index (χ2v) is 6.68. The number of benzene rings is 2. The molecule has 176 valence electrons. The molecule has 0 saturated carbocycles. The van der Waals surface area contributed by atoms with E-state index in [2.05, 4.69) is 5.10 Å². The van der Waals surface area contributed by atoms with Crippen molar-refractivity contribution in [3.05, 3.63) is 81.7 Å². The van der Waals surface area contributed by atoms with Crippen LogP contribution in [0.3, 0.4) is 0 Å². The molecule has 0 radical (unpaired) electrons. The molecule has 0 aliphatic carbocycles. The zero-order valence-electron chi connectivity index (χ0n) is 19.8. The van der Waals surface area contributed by atoms with Crippen molar-refractivity contribution in [3.8, 4) is 28.6 Å². The van der Waals surface area contributed by atoms with Crippen molar-refractivity contribution in [3.63, 3.8) is 0 Å². The molecule has 2 heterocycles. The summed E-state index contributed by atoms with van der Waals surface area (Å²) in [5.74, 6) is 0.453. The summed E-state index contributed by atoms with van der Waals surface area (Å²) in [5, 5.41) is 4.80. The van der Waals surface area contributed by atoms with Crippen LogP contribution < -0.4 is 15.0 Å². The second kappa shape index (κ2) is 12.6. The van der Waals surface area contributed by atoms with E-state index in [1.165, 1.54) is 14.2 Å². The Balaban J connectivity index is 0.000000914. The lowest BCUT2D eigenvalue weighted by Gasteiger charge is -2.09. The van der Waals surface area contributed by atoms with Gasteiger partial charge in [-0.25, -0.2) is 4.68 Å². The molecule has 0 aliphatic heterocycles. The van der Waals surface area contributed by atoms with Gasteiger partial charge in [0.2, 0.25) is 0 Å². The molecule has 0 unspecified atom stereocenters. The van der Waals surface area contributed by atoms with Gasteiger partial charge in [0.25, 0.3) is 11.4 Å². The summed E-state index contributed by atoms with van der Waals surface area (Å²) >= 11 is 6.30. The Bertz CT molecular complexity index is 1200. The maximum atomic E-state index is 12.5. The molecule has 8 heteroatoms. The first-order chi connectivity index (χ1) is 16.1. The Morgan fingerprint density at radius 3 is 2.30 bits per heavy atom. The average Bonchev–Trinajstić information content (AvgIpc) is 3.39. The van der Waals surface area contributed by atoms with Crippen molar-refractivity contribution in [2.45, 2.75) is 34.3 Å². The van der Waals surface area contributed by atoms with Crippen molar-refractivity contribution < 1.29 is 14.0 Å². The van der Waals surface area contributed by atoms with Crippen molar-refractivity contribution >= 4 is 11.6 Å². The van der Waals surface area contributed by atoms with E-state index in [0.29, 0.717) is 22.0 Å². The highest BCUT2D eigenvalue weighted by molar-refractivity contribution is 6.31. The lowest BCUT2D eigenvalue weighted by Crippen LogP contribution is -2.12. The second-order valence-electron chi connectivity index (χ2n) is 6.27. The van der Waals surface area contributed by atoms with Crippen molar-refractivity contribution in [2.75, 3.05) is 7.11 Å². The summed E-state index contributed by atoms with van der Waals surface area (Å²) in [6.07, 6.45) is 1.69. The maximum Gasteiger partial charge on any atom is 0.320 e. The van der Waals surface area contributed by atoms with Gasteiger partial charge in [0.1, 0.15) is 17.2 Å². The highest BCUT2D eigenvalue weighted by atomic mass is 35.5. The molecule has 33 heavy (non-hydrogen) atoms. The molecule has 2 aromatic carbocycles. The first-order valence-electron chi connectivity index (χ1n) is 10.8. The van der Waals surface area contributed by atoms with E-state index in [9.17, 15) is 4.79 Å². The Kier molecular flexibility index (Phi) is 9.82. The van der Waals surface area contributed by atoms with Gasteiger partial charge in [0, 0.05) is 12.6 Å². The molecule has 0 fully saturated rings. The largest absolute Gasteiger partial charge is 0.471 e. The molecule has 0 saturated heterocycles. The van der Waals surface area contributed by atoms with Crippen LogP contribution in [0.1, 0.15) is 33.3 Å². The number of aromatic nitrogens is 3. The monoisotopic (exact) mass is 471 g/mol. The minimum atomic E-state index is -0.291. The molecule has 0 atom stereocenters. The van der Waals surface area contributed by atoms with Crippen molar-refractivity contribution in [1.29, 1.82) is 0 Å². The summed E-state index contributed by atoms with van der Waals surface area (Å²) in [7, 11) is 2.99. The van der Waals surface area contributed by atoms with Crippen molar-refractivity contribution in [2.24, 2.45) is 7.05 Å². The van der Waals surface area contributed by atoms with E-state index in [-0.39, 0.29) is 18.1 Å². The number of rotatable bonds is 6. The van der Waals surface area contributed by atoms with Crippen LogP contribution in [0, 0.1) is 0 Å². The van der Waals surface area contributed by atoms with Gasteiger partial charge in [0.05, 0.1) is 19.0 Å². The molecule has 0 spiro atoms. The van der Waals surface area contributed by atoms with Crippen LogP contribution >= 0.6 is 11.6 Å². The fraction of sp³-hybridized carbons (Fsp3) is 0.280. The summed E-state index contributed by atoms with van der Waals surface area (Å²) < 4.78 is 19.2. The van der Waals surface area contributed by atoms with Crippen LogP contribution in [0.5, 0.6) is 11.8 Å². The standard InChI is InChI=1S/C21H18ClN3O4.2C2H6/c1-24-20(26)18(21(27-2)29-24)16-11-7-6-8-14(16)13-28-19-17(22)12-25(23-19)15-9-4-3-5-10-15;2*1-2/h3-12H,13H2,1-2H3;2*1-2H3. The van der Waals surface area contributed by atoms with Crippen LogP contribution in [0.2, 0.25) is 5.02 Å². The number of methoxy groups -OCH3 is 1. The highest BCUT2D eigenvalue weighted by Crippen LogP contribution is 2.31. The van der Waals surface area contributed by atoms with E-state index >= 15 is 0 Å². The van der Waals surface area contributed by atoms with Crippen LogP contribution in [-0.4, -0.2) is 21.6 Å². The van der Waals surface area contributed by atoms with E-state index in [1.54, 1.807) is 10.9 Å². The SMILES string of the molecule is CC.CC.COc1on(C)c(=O)c1-c1ccccc1COc1nn(-c2ccccc2)cc1Cl. The summed E-state index contributed by atoms with van der Waals surface area (Å²) in [5.41, 5.74) is 2.36. The third kappa shape index (κ3) is 5.87. The normalized spacial score (nSPS) is 9.91. The van der Waals surface area contributed by atoms with Gasteiger partial charge in [-0.15, -0.1) is 5.10 Å². The molecule has 0 aliphatic rings.